The Kier molecular flexibility index (Phi) is 23.2. The van der Waals surface area contributed by atoms with Crippen LogP contribution in [0.1, 0.15) is 33.6 Å². The first-order chi connectivity index (χ1) is 37.8. The van der Waals surface area contributed by atoms with Gasteiger partial charge in [-0.05, 0) is 50.2 Å². The summed E-state index contributed by atoms with van der Waals surface area (Å²) < 4.78 is 147. The van der Waals surface area contributed by atoms with Crippen molar-refractivity contribution < 1.29 is 92.4 Å². The van der Waals surface area contributed by atoms with Gasteiger partial charge in [-0.1, -0.05) is 35.0 Å². The summed E-state index contributed by atoms with van der Waals surface area (Å²) in [5.41, 5.74) is 2.43. The summed E-state index contributed by atoms with van der Waals surface area (Å²) in [6.07, 6.45) is -18.6. The molecule has 0 aliphatic heterocycles. The van der Waals surface area contributed by atoms with E-state index in [2.05, 4.69) is 15.4 Å². The minimum Gasteiger partial charge on any atom is -0.501 e. The molecule has 12 N–H and O–H groups in total. The maximum absolute atomic E-state index is 12.4. The van der Waals surface area contributed by atoms with Gasteiger partial charge in [-0.25, -0.2) is 15.8 Å². The normalized spacial score (nSPS) is 11.1. The molecule has 448 valence electrons. The topological polar surface area (TPSA) is 453 Å². The van der Waals surface area contributed by atoms with Crippen molar-refractivity contribution in [3.63, 3.8) is 0 Å². The highest BCUT2D eigenvalue weighted by Crippen LogP contribution is 2.48. The van der Waals surface area contributed by atoms with E-state index < -0.39 is 133 Å². The molecule has 0 radical (unpaired) electrons. The van der Waals surface area contributed by atoms with Gasteiger partial charge < -0.3 is 32.5 Å². The molecular formula is C40H30Cl2F12N14O14S. The third-order valence-corrected chi connectivity index (χ3v) is 10.7. The summed E-state index contributed by atoms with van der Waals surface area (Å²) in [7, 11) is 0. The van der Waals surface area contributed by atoms with E-state index in [1.807, 2.05) is 0 Å². The number of aromatic hydroxyl groups is 2. The number of aryl methyl sites for hydroxylation is 2. The van der Waals surface area contributed by atoms with Gasteiger partial charge >= 0.3 is 47.5 Å². The first-order valence-electron chi connectivity index (χ1n) is 20.5. The number of alkyl halides is 12. The SMILES string of the molecule is Cc1cc(C(F)(F)F)cc(N)n1.Cc1cc(C(F)(F)F)cc(NN)n1.NNc1c([N+](=O)[O-])cc(C(F)(F)F)cc1[N+](=O)[O-].Nc1c([N+](=O)[O-])cc(C(F)(F)F)cc1[N+](=O)[O-].O=[N+]([O-])c1cc(Cl)cc(Sc2cc(Cl)cc([N+](=O)[O-])c2O)c1O. The van der Waals surface area contributed by atoms with Crippen molar-refractivity contribution in [2.45, 2.75) is 48.3 Å². The predicted octanol–water partition coefficient (Wildman–Crippen LogP) is 12.0. The summed E-state index contributed by atoms with van der Waals surface area (Å²) in [5.74, 6) is 8.35. The van der Waals surface area contributed by atoms with Crippen LogP contribution in [0.4, 0.5) is 110 Å². The third kappa shape index (κ3) is 19.9. The van der Waals surface area contributed by atoms with Crippen LogP contribution in [0.15, 0.2) is 82.6 Å². The number of hydrazine groups is 2. The molecule has 6 aromatic rings. The van der Waals surface area contributed by atoms with Crippen LogP contribution in [0.3, 0.4) is 0 Å². The van der Waals surface area contributed by atoms with Crippen molar-refractivity contribution in [3.05, 3.63) is 177 Å². The van der Waals surface area contributed by atoms with Crippen LogP contribution >= 0.6 is 35.0 Å². The highest BCUT2D eigenvalue weighted by atomic mass is 35.5. The van der Waals surface area contributed by atoms with Gasteiger partial charge in [0.1, 0.15) is 11.6 Å². The van der Waals surface area contributed by atoms with E-state index in [1.54, 1.807) is 5.43 Å². The van der Waals surface area contributed by atoms with Gasteiger partial charge in [-0.2, -0.15) is 52.7 Å². The maximum Gasteiger partial charge on any atom is 0.416 e. The number of nitro groups is 6. The molecule has 0 fully saturated rings. The molecule has 43 heteroatoms. The number of nitrogens with one attached hydrogen (secondary N) is 2. The second-order valence-corrected chi connectivity index (χ2v) is 17.0. The predicted molar refractivity (Wildman–Crippen MR) is 266 cm³/mol. The number of pyridine rings is 2. The molecule has 0 saturated carbocycles. The summed E-state index contributed by atoms with van der Waals surface area (Å²) in [5, 5.41) is 83.4. The number of nitrogens with zero attached hydrogens (tertiary/aromatic N) is 8. The second-order valence-electron chi connectivity index (χ2n) is 15.1. The fourth-order valence-electron chi connectivity index (χ4n) is 5.74. The molecule has 0 spiro atoms. The average molecular weight is 1260 g/mol. The third-order valence-electron chi connectivity index (χ3n) is 9.20. The van der Waals surface area contributed by atoms with Gasteiger partial charge in [0.25, 0.3) is 11.4 Å². The van der Waals surface area contributed by atoms with Crippen molar-refractivity contribution >= 4 is 92.1 Å². The van der Waals surface area contributed by atoms with E-state index in [0.29, 0.717) is 11.8 Å². The van der Waals surface area contributed by atoms with Crippen molar-refractivity contribution in [3.8, 4) is 11.5 Å². The standard InChI is InChI=1S/C12H6Cl2N2O6S.C7H5F3N4O4.C7H4F3N3O4.C7H8F3N3.C7H7F3N2/c13-5-1-7(15(19)20)11(17)9(3-5)23-10-4-6(14)2-8(12(10)18)16(21)22;8-7(9,10)3-1-4(13(15)16)6(12-11)5(2-3)14(17)18;8-7(9,10)3-1-4(12(14)15)6(11)5(2-3)13(16)17;1-4-2-5(7(8,9)10)3-6(12-4)13-11;1-4-2-5(7(8,9)10)3-6(11)12-4/h1-4,17-18H;1-2,12H,11H2;1-2H,11H2;2-3H,11H2,1H3,(H,12,13);2-3H,1H3,(H2,11,12). The van der Waals surface area contributed by atoms with Crippen molar-refractivity contribution in [2.24, 2.45) is 11.7 Å². The van der Waals surface area contributed by atoms with Crippen LogP contribution in [0.2, 0.25) is 10.0 Å². The van der Waals surface area contributed by atoms with Crippen LogP contribution in [0.25, 0.3) is 0 Å². The molecule has 28 nitrogen and oxygen atoms in total. The van der Waals surface area contributed by atoms with Crippen molar-refractivity contribution in [1.82, 2.24) is 9.97 Å². The van der Waals surface area contributed by atoms with E-state index in [1.165, 1.54) is 26.0 Å². The van der Waals surface area contributed by atoms with E-state index in [9.17, 15) is 124 Å². The fourth-order valence-corrected chi connectivity index (χ4v) is 7.30. The lowest BCUT2D eigenvalue weighted by Gasteiger charge is -2.09. The number of phenolic OH excluding ortho intramolecular Hbond substituents is 2. The van der Waals surface area contributed by atoms with Crippen LogP contribution in [0, 0.1) is 74.5 Å². The molecule has 2 heterocycles. The van der Waals surface area contributed by atoms with Gasteiger partial charge in [-0.3, -0.25) is 66.5 Å². The molecule has 6 rings (SSSR count). The number of nitro benzene ring substituents is 6. The van der Waals surface area contributed by atoms with Gasteiger partial charge in [0, 0.05) is 57.8 Å². The Balaban J connectivity index is 0.000000361. The number of nitrogens with two attached hydrogens (primary N) is 4. The number of hydrogen-bond donors (Lipinski definition) is 8. The molecule has 0 saturated heterocycles. The lowest BCUT2D eigenvalue weighted by atomic mass is 10.1. The first kappa shape index (κ1) is 69.5. The van der Waals surface area contributed by atoms with E-state index >= 15 is 0 Å². The number of benzene rings is 4. The molecule has 2 aromatic heterocycles. The number of halogens is 14. The molecule has 0 amide bonds. The van der Waals surface area contributed by atoms with Gasteiger partial charge in [-0.15, -0.1) is 0 Å². The lowest BCUT2D eigenvalue weighted by molar-refractivity contribution is -0.392. The lowest BCUT2D eigenvalue weighted by Crippen LogP contribution is -2.14. The smallest absolute Gasteiger partial charge is 0.416 e. The number of hydrogen-bond acceptors (Lipinski definition) is 23. The molecule has 0 bridgehead atoms. The zero-order valence-electron chi connectivity index (χ0n) is 40.3. The molecule has 0 atom stereocenters. The summed E-state index contributed by atoms with van der Waals surface area (Å²) in [6.45, 7) is 2.93. The highest BCUT2D eigenvalue weighted by molar-refractivity contribution is 7.99. The molecule has 0 aliphatic carbocycles. The minimum atomic E-state index is -4.94. The molecule has 83 heavy (non-hydrogen) atoms. The minimum absolute atomic E-state index is 0.00678. The Morgan fingerprint density at radius 1 is 0.458 bits per heavy atom. The van der Waals surface area contributed by atoms with Crippen LogP contribution in [-0.2, 0) is 24.7 Å². The Bertz CT molecular complexity index is 3320. The summed E-state index contributed by atoms with van der Waals surface area (Å²) >= 11 is 12.2. The average Bonchev–Trinajstić information content (AvgIpc) is 3.38. The van der Waals surface area contributed by atoms with Gasteiger partial charge in [0.2, 0.25) is 17.2 Å². The fraction of sp³-hybridized carbons (Fsp3) is 0.150. The number of rotatable bonds is 10. The second kappa shape index (κ2) is 27.7. The maximum atomic E-state index is 12.4. The van der Waals surface area contributed by atoms with Crippen molar-refractivity contribution in [1.29, 1.82) is 0 Å². The summed E-state index contributed by atoms with van der Waals surface area (Å²) in [6, 6.07) is 8.59. The summed E-state index contributed by atoms with van der Waals surface area (Å²) in [4.78, 5) is 64.4. The van der Waals surface area contributed by atoms with E-state index in [0.717, 1.165) is 36.4 Å². The van der Waals surface area contributed by atoms with Gasteiger partial charge in [0.05, 0.1) is 61.6 Å². The van der Waals surface area contributed by atoms with E-state index in [-0.39, 0.29) is 67.1 Å². The zero-order chi connectivity index (χ0) is 64.2. The Morgan fingerprint density at radius 3 is 1.05 bits per heavy atom. The quantitative estimate of drug-likeness (QED) is 0.0208. The number of anilines is 4. The Morgan fingerprint density at radius 2 is 0.759 bits per heavy atom. The molecule has 0 unspecified atom stereocenters. The Hall–Kier alpha value is -9.61. The number of phenols is 2. The van der Waals surface area contributed by atoms with Crippen LogP contribution in [0.5, 0.6) is 11.5 Å². The monoisotopic (exact) mass is 1260 g/mol. The molecule has 4 aromatic carbocycles. The van der Waals surface area contributed by atoms with Crippen molar-refractivity contribution in [2.75, 3.05) is 22.3 Å². The van der Waals surface area contributed by atoms with Gasteiger partial charge in [0.15, 0.2) is 5.69 Å². The molecular weight excluding hydrogens is 1230 g/mol. The zero-order valence-corrected chi connectivity index (χ0v) is 42.6. The largest absolute Gasteiger partial charge is 0.501 e. The highest BCUT2D eigenvalue weighted by Gasteiger charge is 2.39. The Labute approximate surface area is 464 Å². The number of nitrogen functional groups attached to an aromatic ring is 4. The first-order valence-corrected chi connectivity index (χ1v) is 22.1. The van der Waals surface area contributed by atoms with Crippen LogP contribution in [-0.4, -0.2) is 49.7 Å². The van der Waals surface area contributed by atoms with E-state index in [4.69, 9.17) is 46.4 Å². The number of aromatic nitrogens is 2. The molecule has 0 aliphatic rings. The van der Waals surface area contributed by atoms with Crippen LogP contribution < -0.4 is 34.0 Å².